The van der Waals surface area contributed by atoms with Gasteiger partial charge in [0.2, 0.25) is 5.13 Å². The van der Waals surface area contributed by atoms with Crippen molar-refractivity contribution < 1.29 is 0 Å². The zero-order chi connectivity index (χ0) is 17.8. The van der Waals surface area contributed by atoms with Crippen molar-refractivity contribution in [2.45, 2.75) is 6.92 Å². The Kier molecular flexibility index (Phi) is 4.57. The molecule has 128 valence electrons. The van der Waals surface area contributed by atoms with Crippen molar-refractivity contribution in [1.29, 1.82) is 0 Å². The van der Waals surface area contributed by atoms with Crippen LogP contribution in [-0.4, -0.2) is 16.2 Å². The number of hydrazone groups is 1. The molecule has 0 saturated heterocycles. The summed E-state index contributed by atoms with van der Waals surface area (Å²) < 4.78 is 1.15. The van der Waals surface area contributed by atoms with E-state index in [1.807, 2.05) is 48.5 Å². The fourth-order valence-corrected chi connectivity index (χ4v) is 3.43. The molecule has 5 nitrogen and oxygen atoms in total. The fraction of sp³-hybridized carbons (Fsp3) is 0.0500. The molecule has 4 aromatic rings. The van der Waals surface area contributed by atoms with Crippen molar-refractivity contribution >= 4 is 44.4 Å². The molecule has 0 radical (unpaired) electrons. The highest BCUT2D eigenvalue weighted by molar-refractivity contribution is 7.22. The number of pyridine rings is 1. The Morgan fingerprint density at radius 2 is 1.92 bits per heavy atom. The number of para-hydroxylation sites is 1. The van der Waals surface area contributed by atoms with Gasteiger partial charge in [-0.25, -0.2) is 9.97 Å². The third-order valence-corrected chi connectivity index (χ3v) is 4.71. The van der Waals surface area contributed by atoms with Crippen molar-refractivity contribution in [3.8, 4) is 0 Å². The number of hydrogen-bond donors (Lipinski definition) is 2. The van der Waals surface area contributed by atoms with Crippen LogP contribution in [-0.2, 0) is 0 Å². The molecule has 0 fully saturated rings. The molecule has 2 aromatic heterocycles. The first kappa shape index (κ1) is 16.2. The fourth-order valence-electron chi connectivity index (χ4n) is 2.52. The number of rotatable bonds is 5. The van der Waals surface area contributed by atoms with Gasteiger partial charge in [0.25, 0.3) is 0 Å². The number of nitrogens with one attached hydrogen (secondary N) is 2. The molecule has 0 unspecified atom stereocenters. The summed E-state index contributed by atoms with van der Waals surface area (Å²) in [4.78, 5) is 8.94. The van der Waals surface area contributed by atoms with Crippen LogP contribution in [0, 0.1) is 6.92 Å². The average Bonchev–Trinajstić information content (AvgIpc) is 3.06. The van der Waals surface area contributed by atoms with Crippen molar-refractivity contribution in [2.24, 2.45) is 5.10 Å². The zero-order valence-electron chi connectivity index (χ0n) is 14.2. The molecule has 0 aliphatic rings. The predicted octanol–water partition coefficient (Wildman–Crippen LogP) is 5.19. The van der Waals surface area contributed by atoms with Gasteiger partial charge in [-0.3, -0.25) is 5.43 Å². The number of hydrogen-bond acceptors (Lipinski definition) is 6. The van der Waals surface area contributed by atoms with Crippen molar-refractivity contribution in [3.05, 3.63) is 78.0 Å². The Labute approximate surface area is 155 Å². The minimum absolute atomic E-state index is 0.754. The number of aromatic nitrogens is 2. The van der Waals surface area contributed by atoms with E-state index in [1.54, 1.807) is 23.7 Å². The SMILES string of the molecule is Cc1ccc2nc(N/N=C/c3cccnc3Nc3ccccc3)sc2c1. The molecule has 0 amide bonds. The maximum atomic E-state index is 4.54. The van der Waals surface area contributed by atoms with Crippen LogP contribution in [0.2, 0.25) is 0 Å². The van der Waals surface area contributed by atoms with E-state index in [0.717, 1.165) is 32.4 Å². The topological polar surface area (TPSA) is 62.2 Å². The summed E-state index contributed by atoms with van der Waals surface area (Å²) in [6.45, 7) is 2.08. The average molecular weight is 359 g/mol. The summed E-state index contributed by atoms with van der Waals surface area (Å²) in [5.74, 6) is 0.754. The van der Waals surface area contributed by atoms with E-state index >= 15 is 0 Å². The lowest BCUT2D eigenvalue weighted by Gasteiger charge is -2.07. The highest BCUT2D eigenvalue weighted by Crippen LogP contribution is 2.26. The molecule has 26 heavy (non-hydrogen) atoms. The molecule has 2 aromatic carbocycles. The summed E-state index contributed by atoms with van der Waals surface area (Å²) in [6.07, 6.45) is 3.50. The Morgan fingerprint density at radius 3 is 2.81 bits per heavy atom. The highest BCUT2D eigenvalue weighted by Gasteiger charge is 2.04. The Balaban J connectivity index is 1.51. The van der Waals surface area contributed by atoms with E-state index in [-0.39, 0.29) is 0 Å². The Hall–Kier alpha value is -3.25. The van der Waals surface area contributed by atoms with Crippen LogP contribution in [0.4, 0.5) is 16.6 Å². The highest BCUT2D eigenvalue weighted by atomic mass is 32.1. The number of fused-ring (bicyclic) bond motifs is 1. The Bertz CT molecular complexity index is 1060. The summed E-state index contributed by atoms with van der Waals surface area (Å²) >= 11 is 1.59. The van der Waals surface area contributed by atoms with Gasteiger partial charge >= 0.3 is 0 Å². The summed E-state index contributed by atoms with van der Waals surface area (Å²) in [5.41, 5.74) is 7.09. The summed E-state index contributed by atoms with van der Waals surface area (Å²) in [5, 5.41) is 8.40. The van der Waals surface area contributed by atoms with E-state index in [2.05, 4.69) is 44.9 Å². The number of thiazole rings is 1. The number of nitrogens with zero attached hydrogens (tertiary/aromatic N) is 3. The molecular formula is C20H17N5S. The van der Waals surface area contributed by atoms with Crippen molar-refractivity contribution in [1.82, 2.24) is 9.97 Å². The quantitative estimate of drug-likeness (QED) is 0.380. The van der Waals surface area contributed by atoms with E-state index in [9.17, 15) is 0 Å². The van der Waals surface area contributed by atoms with Crippen LogP contribution in [0.15, 0.2) is 72.0 Å². The van der Waals surface area contributed by atoms with Crippen LogP contribution in [0.1, 0.15) is 11.1 Å². The summed E-state index contributed by atoms with van der Waals surface area (Å²) in [7, 11) is 0. The lowest BCUT2D eigenvalue weighted by atomic mass is 10.2. The third kappa shape index (κ3) is 3.70. The number of benzene rings is 2. The van der Waals surface area contributed by atoms with E-state index < -0.39 is 0 Å². The van der Waals surface area contributed by atoms with Crippen LogP contribution in [0.25, 0.3) is 10.2 Å². The second-order valence-corrected chi connectivity index (χ2v) is 6.82. The monoisotopic (exact) mass is 359 g/mol. The van der Waals surface area contributed by atoms with Crippen molar-refractivity contribution in [2.75, 3.05) is 10.7 Å². The van der Waals surface area contributed by atoms with Gasteiger partial charge in [-0.15, -0.1) is 0 Å². The lowest BCUT2D eigenvalue weighted by Crippen LogP contribution is -1.99. The van der Waals surface area contributed by atoms with Crippen LogP contribution in [0.5, 0.6) is 0 Å². The van der Waals surface area contributed by atoms with Gasteiger partial charge in [0.1, 0.15) is 5.82 Å². The van der Waals surface area contributed by atoms with Gasteiger partial charge in [-0.1, -0.05) is 35.6 Å². The van der Waals surface area contributed by atoms with Gasteiger partial charge < -0.3 is 5.32 Å². The largest absolute Gasteiger partial charge is 0.340 e. The maximum Gasteiger partial charge on any atom is 0.204 e. The Morgan fingerprint density at radius 1 is 1.04 bits per heavy atom. The zero-order valence-corrected chi connectivity index (χ0v) is 15.0. The van der Waals surface area contributed by atoms with E-state index in [0.29, 0.717) is 0 Å². The molecule has 0 saturated carbocycles. The molecule has 4 rings (SSSR count). The van der Waals surface area contributed by atoms with Gasteiger partial charge in [0, 0.05) is 17.4 Å². The standard InChI is InChI=1S/C20H17N5S/c1-14-9-10-17-18(12-14)26-20(24-17)25-22-13-15-6-5-11-21-19(15)23-16-7-3-2-4-8-16/h2-13H,1H3,(H,21,23)(H,24,25)/b22-13+. The summed E-state index contributed by atoms with van der Waals surface area (Å²) in [6, 6.07) is 20.0. The van der Waals surface area contributed by atoms with Gasteiger partial charge in [-0.2, -0.15) is 5.10 Å². The molecule has 0 spiro atoms. The molecule has 0 bridgehead atoms. The smallest absolute Gasteiger partial charge is 0.204 e. The maximum absolute atomic E-state index is 4.54. The van der Waals surface area contributed by atoms with E-state index in [4.69, 9.17) is 0 Å². The third-order valence-electron chi connectivity index (χ3n) is 3.78. The van der Waals surface area contributed by atoms with Crippen LogP contribution < -0.4 is 10.7 Å². The molecule has 0 aliphatic carbocycles. The first-order chi connectivity index (χ1) is 12.8. The number of anilines is 3. The molecule has 0 atom stereocenters. The van der Waals surface area contributed by atoms with Gasteiger partial charge in [0.15, 0.2) is 0 Å². The van der Waals surface area contributed by atoms with Crippen LogP contribution in [0.3, 0.4) is 0 Å². The molecule has 6 heteroatoms. The lowest BCUT2D eigenvalue weighted by molar-refractivity contribution is 1.28. The first-order valence-electron chi connectivity index (χ1n) is 8.21. The normalized spacial score (nSPS) is 11.1. The van der Waals surface area contributed by atoms with Crippen LogP contribution >= 0.6 is 11.3 Å². The number of aryl methyl sites for hydroxylation is 1. The predicted molar refractivity (Wildman–Crippen MR) is 110 cm³/mol. The van der Waals surface area contributed by atoms with Gasteiger partial charge in [-0.05, 0) is 48.9 Å². The molecular weight excluding hydrogens is 342 g/mol. The van der Waals surface area contributed by atoms with E-state index in [1.165, 1.54) is 5.56 Å². The molecule has 2 heterocycles. The second kappa shape index (κ2) is 7.33. The van der Waals surface area contributed by atoms with Gasteiger partial charge in [0.05, 0.1) is 16.4 Å². The molecule has 2 N–H and O–H groups in total. The van der Waals surface area contributed by atoms with Crippen molar-refractivity contribution in [3.63, 3.8) is 0 Å². The minimum atomic E-state index is 0.754. The second-order valence-electron chi connectivity index (χ2n) is 5.79. The minimum Gasteiger partial charge on any atom is -0.340 e. The molecule has 0 aliphatic heterocycles. The first-order valence-corrected chi connectivity index (χ1v) is 9.03.